The molecule has 17 heavy (non-hydrogen) atoms. The number of nitrogen functional groups attached to an aromatic ring is 1. The van der Waals surface area contributed by atoms with Crippen LogP contribution in [0.25, 0.3) is 0 Å². The molecule has 1 rings (SSSR count). The number of rotatable bonds is 5. The highest BCUT2D eigenvalue weighted by molar-refractivity contribution is 5.37. The van der Waals surface area contributed by atoms with Gasteiger partial charge in [0.15, 0.2) is 11.4 Å². The molecule has 92 valence electrons. The van der Waals surface area contributed by atoms with Gasteiger partial charge in [-0.1, -0.05) is 5.92 Å². The fourth-order valence-corrected chi connectivity index (χ4v) is 1.08. The zero-order chi connectivity index (χ0) is 12.9. The molecule has 6 heteroatoms. The van der Waals surface area contributed by atoms with Gasteiger partial charge in [-0.3, -0.25) is 0 Å². The first-order valence-electron chi connectivity index (χ1n) is 5.01. The lowest BCUT2D eigenvalue weighted by Gasteiger charge is -2.19. The smallest absolute Gasteiger partial charge is 0.220 e. The predicted octanol–water partition coefficient (Wildman–Crippen LogP) is 0.699. The van der Waals surface area contributed by atoms with E-state index in [0.29, 0.717) is 17.5 Å². The summed E-state index contributed by atoms with van der Waals surface area (Å²) >= 11 is 0. The van der Waals surface area contributed by atoms with Crippen molar-refractivity contribution in [3.8, 4) is 18.2 Å². The Bertz CT molecular complexity index is 426. The molecule has 6 nitrogen and oxygen atoms in total. The van der Waals surface area contributed by atoms with Crippen LogP contribution in [0.5, 0.6) is 5.88 Å². The topological polar surface area (TPSA) is 82.3 Å². The summed E-state index contributed by atoms with van der Waals surface area (Å²) in [6, 6.07) is 1.57. The van der Waals surface area contributed by atoms with Gasteiger partial charge in [0.1, 0.15) is 12.4 Å². The van der Waals surface area contributed by atoms with Crippen molar-refractivity contribution >= 4 is 5.82 Å². The van der Waals surface area contributed by atoms with Gasteiger partial charge in [0.05, 0.1) is 0 Å². The zero-order valence-electron chi connectivity index (χ0n) is 10.2. The molecule has 0 bridgehead atoms. The van der Waals surface area contributed by atoms with E-state index in [1.165, 1.54) is 0 Å². The van der Waals surface area contributed by atoms with E-state index in [1.807, 2.05) is 0 Å². The Labute approximate surface area is 101 Å². The molecule has 1 heterocycles. The predicted molar refractivity (Wildman–Crippen MR) is 64.1 cm³/mol. The molecule has 1 aromatic rings. The quantitative estimate of drug-likeness (QED) is 0.445. The van der Waals surface area contributed by atoms with Crippen molar-refractivity contribution in [3.63, 3.8) is 0 Å². The summed E-state index contributed by atoms with van der Waals surface area (Å²) < 4.78 is 10.5. The summed E-state index contributed by atoms with van der Waals surface area (Å²) in [6.07, 6.45) is 5.34. The number of hydrogen-bond acceptors (Lipinski definition) is 6. The second kappa shape index (κ2) is 5.48. The third kappa shape index (κ3) is 3.90. The van der Waals surface area contributed by atoms with Gasteiger partial charge in [-0.15, -0.1) is 6.42 Å². The first-order chi connectivity index (χ1) is 8.00. The monoisotopic (exact) mass is 236 g/mol. The van der Waals surface area contributed by atoms with Gasteiger partial charge in [-0.05, 0) is 13.8 Å². The number of methoxy groups -OCH3 is 1. The van der Waals surface area contributed by atoms with E-state index in [1.54, 1.807) is 27.0 Å². The SMILES string of the molecule is C#CC(C)(C)Oc1cc(NN)nc(COC)n1. The largest absolute Gasteiger partial charge is 0.458 e. The summed E-state index contributed by atoms with van der Waals surface area (Å²) in [7, 11) is 1.55. The average Bonchev–Trinajstić information content (AvgIpc) is 2.28. The minimum atomic E-state index is -0.745. The van der Waals surface area contributed by atoms with E-state index >= 15 is 0 Å². The van der Waals surface area contributed by atoms with Crippen LogP contribution in [0.3, 0.4) is 0 Å². The molecule has 0 atom stereocenters. The Morgan fingerprint density at radius 1 is 1.53 bits per heavy atom. The van der Waals surface area contributed by atoms with Gasteiger partial charge in [-0.25, -0.2) is 10.8 Å². The van der Waals surface area contributed by atoms with Crippen molar-refractivity contribution in [3.05, 3.63) is 11.9 Å². The van der Waals surface area contributed by atoms with Crippen molar-refractivity contribution in [2.75, 3.05) is 12.5 Å². The summed E-state index contributed by atoms with van der Waals surface area (Å²) in [5.41, 5.74) is 1.69. The van der Waals surface area contributed by atoms with Crippen molar-refractivity contribution < 1.29 is 9.47 Å². The molecule has 0 aliphatic carbocycles. The summed E-state index contributed by atoms with van der Waals surface area (Å²) in [5.74, 6) is 9.07. The highest BCUT2D eigenvalue weighted by atomic mass is 16.5. The van der Waals surface area contributed by atoms with E-state index in [2.05, 4.69) is 21.3 Å². The van der Waals surface area contributed by atoms with Gasteiger partial charge in [0.2, 0.25) is 5.88 Å². The first-order valence-corrected chi connectivity index (χ1v) is 5.01. The van der Waals surface area contributed by atoms with Crippen LogP contribution in [0.15, 0.2) is 6.07 Å². The second-order valence-electron chi connectivity index (χ2n) is 3.84. The van der Waals surface area contributed by atoms with Crippen molar-refractivity contribution in [1.29, 1.82) is 0 Å². The number of nitrogens with zero attached hydrogens (tertiary/aromatic N) is 2. The third-order valence-corrected chi connectivity index (χ3v) is 1.88. The van der Waals surface area contributed by atoms with Crippen LogP contribution < -0.4 is 16.0 Å². The standard InChI is InChI=1S/C11H16N4O2/c1-5-11(2,3)17-10-6-8(15-12)13-9(14-10)7-16-4/h1,6H,7,12H2,2-4H3,(H,13,14,15). The summed E-state index contributed by atoms with van der Waals surface area (Å²) in [4.78, 5) is 8.25. The molecular weight excluding hydrogens is 220 g/mol. The van der Waals surface area contributed by atoms with Gasteiger partial charge in [-0.2, -0.15) is 4.98 Å². The van der Waals surface area contributed by atoms with Crippen LogP contribution in [0.4, 0.5) is 5.82 Å². The lowest BCUT2D eigenvalue weighted by Crippen LogP contribution is -2.26. The van der Waals surface area contributed by atoms with Crippen LogP contribution in [0.2, 0.25) is 0 Å². The molecule has 0 saturated heterocycles. The third-order valence-electron chi connectivity index (χ3n) is 1.88. The molecule has 0 unspecified atom stereocenters. The Morgan fingerprint density at radius 3 is 2.76 bits per heavy atom. The highest BCUT2D eigenvalue weighted by Gasteiger charge is 2.17. The number of nitrogens with one attached hydrogen (secondary N) is 1. The maximum atomic E-state index is 5.54. The van der Waals surface area contributed by atoms with Crippen LogP contribution in [0, 0.1) is 12.3 Å². The molecular formula is C11H16N4O2. The van der Waals surface area contributed by atoms with Crippen LogP contribution in [-0.4, -0.2) is 22.7 Å². The minimum absolute atomic E-state index is 0.266. The number of ether oxygens (including phenoxy) is 2. The molecule has 0 aliphatic rings. The molecule has 1 aromatic heterocycles. The van der Waals surface area contributed by atoms with Crippen molar-refractivity contribution in [2.24, 2.45) is 5.84 Å². The zero-order valence-corrected chi connectivity index (χ0v) is 10.2. The highest BCUT2D eigenvalue weighted by Crippen LogP contribution is 2.18. The second-order valence-corrected chi connectivity index (χ2v) is 3.84. The molecule has 0 aliphatic heterocycles. The van der Waals surface area contributed by atoms with Crippen molar-refractivity contribution in [1.82, 2.24) is 9.97 Å². The van der Waals surface area contributed by atoms with Crippen molar-refractivity contribution in [2.45, 2.75) is 26.1 Å². The number of hydrazine groups is 1. The molecule has 0 radical (unpaired) electrons. The number of aromatic nitrogens is 2. The Balaban J connectivity index is 2.99. The molecule has 0 spiro atoms. The fourth-order valence-electron chi connectivity index (χ4n) is 1.08. The van der Waals surface area contributed by atoms with Gasteiger partial charge in [0, 0.05) is 13.2 Å². The van der Waals surface area contributed by atoms with E-state index in [0.717, 1.165) is 0 Å². The van der Waals surface area contributed by atoms with E-state index in [4.69, 9.17) is 21.7 Å². The fraction of sp³-hybridized carbons (Fsp3) is 0.455. The van der Waals surface area contributed by atoms with Gasteiger partial charge >= 0.3 is 0 Å². The molecule has 0 aromatic carbocycles. The Hall–Kier alpha value is -1.84. The van der Waals surface area contributed by atoms with Gasteiger partial charge in [0.25, 0.3) is 0 Å². The Morgan fingerprint density at radius 2 is 2.24 bits per heavy atom. The molecule has 0 fully saturated rings. The molecule has 0 amide bonds. The van der Waals surface area contributed by atoms with Crippen LogP contribution in [0.1, 0.15) is 19.7 Å². The molecule has 3 N–H and O–H groups in total. The maximum absolute atomic E-state index is 5.54. The number of nitrogens with two attached hydrogens (primary N) is 1. The lowest BCUT2D eigenvalue weighted by molar-refractivity contribution is 0.156. The van der Waals surface area contributed by atoms with Crippen LogP contribution >= 0.6 is 0 Å². The minimum Gasteiger partial charge on any atom is -0.458 e. The number of hydrogen-bond donors (Lipinski definition) is 2. The maximum Gasteiger partial charge on any atom is 0.220 e. The Kier molecular flexibility index (Phi) is 4.26. The van der Waals surface area contributed by atoms with E-state index in [9.17, 15) is 0 Å². The van der Waals surface area contributed by atoms with E-state index < -0.39 is 5.60 Å². The normalized spacial score (nSPS) is 10.8. The summed E-state index contributed by atoms with van der Waals surface area (Å²) in [5, 5.41) is 0. The van der Waals surface area contributed by atoms with E-state index in [-0.39, 0.29) is 6.61 Å². The lowest BCUT2D eigenvalue weighted by atomic mass is 10.1. The number of anilines is 1. The summed E-state index contributed by atoms with van der Waals surface area (Å²) in [6.45, 7) is 3.80. The van der Waals surface area contributed by atoms with Crippen LogP contribution in [-0.2, 0) is 11.3 Å². The molecule has 0 saturated carbocycles. The van der Waals surface area contributed by atoms with Gasteiger partial charge < -0.3 is 14.9 Å². The first kappa shape index (κ1) is 13.2. The number of terminal acetylenes is 1. The average molecular weight is 236 g/mol.